The number of halogens is 1. The zero-order chi connectivity index (χ0) is 7.23. The van der Waals surface area contributed by atoms with Gasteiger partial charge in [-0.15, -0.1) is 11.1 Å². The van der Waals surface area contributed by atoms with E-state index >= 15 is 0 Å². The van der Waals surface area contributed by atoms with E-state index in [1.165, 1.54) is 0 Å². The van der Waals surface area contributed by atoms with E-state index in [0.717, 1.165) is 0 Å². The molecule has 0 saturated carbocycles. The monoisotopic (exact) mass is 174 g/mol. The fourth-order valence-corrected chi connectivity index (χ4v) is 0.881. The molecular formula is C6H7ClO2Si. The molecule has 2 nitrogen and oxygen atoms in total. The first-order valence-corrected chi connectivity index (χ1v) is 5.55. The molecule has 54 valence electrons. The molecule has 0 aliphatic carbocycles. The van der Waals surface area contributed by atoms with Crippen LogP contribution >= 0.6 is 11.1 Å². The average molecular weight is 175 g/mol. The van der Waals surface area contributed by atoms with E-state index in [9.17, 15) is 0 Å². The summed E-state index contributed by atoms with van der Waals surface area (Å²) < 4.78 is 4.62. The van der Waals surface area contributed by atoms with Crippen molar-refractivity contribution in [3.8, 4) is 5.75 Å². The Kier molecular flexibility index (Phi) is 3.28. The second-order valence-corrected chi connectivity index (χ2v) is 2.73. The van der Waals surface area contributed by atoms with E-state index < -0.39 is 9.07 Å². The second kappa shape index (κ2) is 4.33. The number of para-hydroxylation sites is 1. The molecule has 0 aromatic heterocycles. The van der Waals surface area contributed by atoms with Crippen molar-refractivity contribution in [1.29, 1.82) is 0 Å². The molecule has 0 bridgehead atoms. The number of hydrogen-bond acceptors (Lipinski definition) is 2. The molecule has 4 heteroatoms. The summed E-state index contributed by atoms with van der Waals surface area (Å²) in [5.41, 5.74) is 0. The highest BCUT2D eigenvalue weighted by Crippen LogP contribution is 2.07. The molecule has 1 rings (SSSR count). The highest BCUT2D eigenvalue weighted by Gasteiger charge is 1.88. The fraction of sp³-hybridized carbons (Fsp3) is 0. The molecule has 0 heterocycles. The third kappa shape index (κ3) is 2.39. The topological polar surface area (TPSA) is 18.5 Å². The van der Waals surface area contributed by atoms with Crippen molar-refractivity contribution in [1.82, 2.24) is 0 Å². The van der Waals surface area contributed by atoms with Crippen molar-refractivity contribution in [2.75, 3.05) is 0 Å². The molecule has 0 aliphatic heterocycles. The van der Waals surface area contributed by atoms with Gasteiger partial charge in [-0.1, -0.05) is 18.2 Å². The van der Waals surface area contributed by atoms with E-state index in [1.807, 2.05) is 18.2 Å². The number of rotatable bonds is 3. The van der Waals surface area contributed by atoms with Gasteiger partial charge < -0.3 is 4.89 Å². The van der Waals surface area contributed by atoms with Gasteiger partial charge in [-0.2, -0.15) is 0 Å². The summed E-state index contributed by atoms with van der Waals surface area (Å²) >= 11 is 5.34. The Hall–Kier alpha value is -0.513. The largest absolute Gasteiger partial charge is 0.349 e. The van der Waals surface area contributed by atoms with Crippen LogP contribution in [-0.2, 0) is 4.58 Å². The van der Waals surface area contributed by atoms with Crippen LogP contribution in [0.5, 0.6) is 5.75 Å². The zero-order valence-corrected chi connectivity index (χ0v) is 7.46. The minimum atomic E-state index is -0.980. The SMILES string of the molecule is Cl[SiH2]OOc1ccccc1. The van der Waals surface area contributed by atoms with Crippen LogP contribution in [-0.4, -0.2) is 9.07 Å². The molecule has 0 amide bonds. The summed E-state index contributed by atoms with van der Waals surface area (Å²) in [6.07, 6.45) is 0. The maximum atomic E-state index is 5.34. The molecule has 1 aromatic carbocycles. The maximum Gasteiger partial charge on any atom is 0.317 e. The van der Waals surface area contributed by atoms with Gasteiger partial charge in [0.05, 0.1) is 0 Å². The summed E-state index contributed by atoms with van der Waals surface area (Å²) in [5, 5.41) is 0. The Bertz CT molecular complexity index is 180. The third-order valence-corrected chi connectivity index (χ3v) is 1.42. The minimum Gasteiger partial charge on any atom is -0.349 e. The Balaban J connectivity index is 2.43. The summed E-state index contributed by atoms with van der Waals surface area (Å²) in [4.78, 5) is 4.78. The van der Waals surface area contributed by atoms with Crippen molar-refractivity contribution in [3.63, 3.8) is 0 Å². The van der Waals surface area contributed by atoms with E-state index in [-0.39, 0.29) is 0 Å². The van der Waals surface area contributed by atoms with Gasteiger partial charge in [-0.25, -0.2) is 4.58 Å². The van der Waals surface area contributed by atoms with Crippen molar-refractivity contribution < 1.29 is 9.46 Å². The van der Waals surface area contributed by atoms with E-state index in [4.69, 9.17) is 16.0 Å². The Labute approximate surface area is 66.3 Å². The molecule has 0 unspecified atom stereocenters. The Morgan fingerprint density at radius 3 is 2.50 bits per heavy atom. The first-order valence-electron chi connectivity index (χ1n) is 2.84. The fourth-order valence-electron chi connectivity index (χ4n) is 0.566. The summed E-state index contributed by atoms with van der Waals surface area (Å²) in [6.45, 7) is 0. The van der Waals surface area contributed by atoms with Crippen molar-refractivity contribution in [2.45, 2.75) is 0 Å². The minimum absolute atomic E-state index is 0.690. The summed E-state index contributed by atoms with van der Waals surface area (Å²) in [7, 11) is -0.980. The molecule has 1 aromatic rings. The smallest absolute Gasteiger partial charge is 0.317 e. The molecule has 0 spiro atoms. The van der Waals surface area contributed by atoms with Crippen LogP contribution in [0.3, 0.4) is 0 Å². The van der Waals surface area contributed by atoms with E-state index in [0.29, 0.717) is 5.75 Å². The van der Waals surface area contributed by atoms with Gasteiger partial charge in [-0.3, -0.25) is 0 Å². The molecule has 0 N–H and O–H groups in total. The average Bonchev–Trinajstić information content (AvgIpc) is 2.03. The van der Waals surface area contributed by atoms with Gasteiger partial charge >= 0.3 is 9.07 Å². The predicted molar refractivity (Wildman–Crippen MR) is 42.6 cm³/mol. The van der Waals surface area contributed by atoms with Crippen LogP contribution in [0.25, 0.3) is 0 Å². The van der Waals surface area contributed by atoms with E-state index in [1.54, 1.807) is 12.1 Å². The van der Waals surface area contributed by atoms with Crippen LogP contribution in [0.1, 0.15) is 0 Å². The molecular weight excluding hydrogens is 168 g/mol. The second-order valence-electron chi connectivity index (χ2n) is 1.62. The normalized spacial score (nSPS) is 10.5. The third-order valence-electron chi connectivity index (χ3n) is 0.943. The lowest BCUT2D eigenvalue weighted by Gasteiger charge is -1.99. The van der Waals surface area contributed by atoms with Gasteiger partial charge in [-0.05, 0) is 12.1 Å². The highest BCUT2D eigenvalue weighted by molar-refractivity contribution is 6.89. The first-order chi connectivity index (χ1) is 4.93. The molecule has 0 saturated heterocycles. The van der Waals surface area contributed by atoms with Gasteiger partial charge in [0.1, 0.15) is 0 Å². The lowest BCUT2D eigenvalue weighted by Crippen LogP contribution is -1.96. The first kappa shape index (κ1) is 7.59. The van der Waals surface area contributed by atoms with Crippen molar-refractivity contribution in [3.05, 3.63) is 30.3 Å². The van der Waals surface area contributed by atoms with Gasteiger partial charge in [0, 0.05) is 0 Å². The van der Waals surface area contributed by atoms with Crippen molar-refractivity contribution in [2.24, 2.45) is 0 Å². The van der Waals surface area contributed by atoms with Gasteiger partial charge in [0.2, 0.25) is 0 Å². The van der Waals surface area contributed by atoms with Crippen LogP contribution in [0.2, 0.25) is 0 Å². The summed E-state index contributed by atoms with van der Waals surface area (Å²) in [6, 6.07) is 9.26. The number of hydrogen-bond donors (Lipinski definition) is 0. The highest BCUT2D eigenvalue weighted by atomic mass is 35.6. The number of benzene rings is 1. The molecule has 10 heavy (non-hydrogen) atoms. The van der Waals surface area contributed by atoms with Gasteiger partial charge in [0.25, 0.3) is 0 Å². The zero-order valence-electron chi connectivity index (χ0n) is 5.29. The standard InChI is InChI=1S/C6H7ClO2Si/c7-10-9-8-6-4-2-1-3-5-6/h1-5H,10H2. The lowest BCUT2D eigenvalue weighted by molar-refractivity contribution is -0.0955. The summed E-state index contributed by atoms with van der Waals surface area (Å²) in [5.74, 6) is 0.690. The van der Waals surface area contributed by atoms with Crippen molar-refractivity contribution >= 4 is 20.2 Å². The molecule has 0 radical (unpaired) electrons. The molecule has 0 fully saturated rings. The Morgan fingerprint density at radius 2 is 1.90 bits per heavy atom. The predicted octanol–water partition coefficient (Wildman–Crippen LogP) is 1.23. The van der Waals surface area contributed by atoms with Crippen LogP contribution < -0.4 is 4.89 Å². The Morgan fingerprint density at radius 1 is 1.20 bits per heavy atom. The quantitative estimate of drug-likeness (QED) is 0.297. The lowest BCUT2D eigenvalue weighted by atomic mass is 10.3. The van der Waals surface area contributed by atoms with Crippen LogP contribution in [0.15, 0.2) is 30.3 Å². The van der Waals surface area contributed by atoms with E-state index in [2.05, 4.69) is 4.58 Å². The molecule has 0 atom stereocenters. The van der Waals surface area contributed by atoms with Crippen LogP contribution in [0, 0.1) is 0 Å². The molecule has 0 aliphatic rings. The van der Waals surface area contributed by atoms with Crippen LogP contribution in [0.4, 0.5) is 0 Å². The van der Waals surface area contributed by atoms with Gasteiger partial charge in [0.15, 0.2) is 5.75 Å². The maximum absolute atomic E-state index is 5.34.